The van der Waals surface area contributed by atoms with Gasteiger partial charge in [0.15, 0.2) is 0 Å². The van der Waals surface area contributed by atoms with E-state index < -0.39 is 17.3 Å². The molecule has 1 aromatic carbocycles. The van der Waals surface area contributed by atoms with E-state index >= 15 is 0 Å². The van der Waals surface area contributed by atoms with Gasteiger partial charge in [-0.3, -0.25) is 0 Å². The number of benzene rings is 1. The zero-order valence-electron chi connectivity index (χ0n) is 12.9. The molecule has 2 aromatic rings. The lowest BCUT2D eigenvalue weighted by atomic mass is 10.2. The maximum absolute atomic E-state index is 12.8. The van der Waals surface area contributed by atoms with Gasteiger partial charge in [-0.15, -0.1) is 11.8 Å². The number of halogens is 4. The molecule has 130 valence electrons. The molecule has 2 rings (SSSR count). The van der Waals surface area contributed by atoms with Crippen molar-refractivity contribution in [3.8, 4) is 0 Å². The number of alkyl halides is 3. The summed E-state index contributed by atoms with van der Waals surface area (Å²) >= 11 is 7.20. The molecule has 0 N–H and O–H groups in total. The first-order chi connectivity index (χ1) is 11.4. The van der Waals surface area contributed by atoms with E-state index in [9.17, 15) is 13.2 Å². The van der Waals surface area contributed by atoms with Gasteiger partial charge in [0.05, 0.1) is 5.88 Å². The third kappa shape index (κ3) is 5.52. The van der Waals surface area contributed by atoms with E-state index in [0.29, 0.717) is 12.4 Å². The van der Waals surface area contributed by atoms with Crippen molar-refractivity contribution < 1.29 is 13.2 Å². The number of hydrogen-bond donors (Lipinski definition) is 0. The van der Waals surface area contributed by atoms with Crippen molar-refractivity contribution in [1.29, 1.82) is 0 Å². The Labute approximate surface area is 147 Å². The van der Waals surface area contributed by atoms with E-state index in [4.69, 9.17) is 11.6 Å². The number of anilines is 1. The Balaban J connectivity index is 2.10. The zero-order chi connectivity index (χ0) is 17.6. The fourth-order valence-corrected chi connectivity index (χ4v) is 3.09. The van der Waals surface area contributed by atoms with Crippen LogP contribution in [0.2, 0.25) is 5.28 Å². The lowest BCUT2D eigenvalue weighted by molar-refractivity contribution is -0.145. The standard InChI is InChI=1S/C15H16ClF3N4S/c1-2-8-23(10-24-9-11-6-4-3-5-7-11)14-21-12(15(17,18)19)20-13(16)22-14/h3-7H,2,8-10H2,1H3. The Hall–Kier alpha value is -1.54. The maximum Gasteiger partial charge on any atom is 0.451 e. The number of aromatic nitrogens is 3. The van der Waals surface area contributed by atoms with E-state index in [-0.39, 0.29) is 5.95 Å². The summed E-state index contributed by atoms with van der Waals surface area (Å²) in [6.07, 6.45) is -3.91. The molecule has 24 heavy (non-hydrogen) atoms. The molecule has 9 heteroatoms. The van der Waals surface area contributed by atoms with Gasteiger partial charge in [0.2, 0.25) is 17.1 Å². The van der Waals surface area contributed by atoms with Crippen LogP contribution < -0.4 is 4.90 Å². The van der Waals surface area contributed by atoms with Crippen LogP contribution in [0.5, 0.6) is 0 Å². The minimum Gasteiger partial charge on any atom is -0.331 e. The van der Waals surface area contributed by atoms with Gasteiger partial charge in [-0.05, 0) is 23.6 Å². The van der Waals surface area contributed by atoms with Gasteiger partial charge in [0.25, 0.3) is 0 Å². The van der Waals surface area contributed by atoms with E-state index in [2.05, 4.69) is 15.0 Å². The van der Waals surface area contributed by atoms with Gasteiger partial charge in [0.1, 0.15) is 0 Å². The largest absolute Gasteiger partial charge is 0.451 e. The minimum atomic E-state index is -4.66. The molecule has 4 nitrogen and oxygen atoms in total. The fourth-order valence-electron chi connectivity index (χ4n) is 1.95. The molecule has 0 aliphatic carbocycles. The molecular weight excluding hydrogens is 361 g/mol. The van der Waals surface area contributed by atoms with Gasteiger partial charge in [-0.1, -0.05) is 37.3 Å². The van der Waals surface area contributed by atoms with Crippen molar-refractivity contribution in [1.82, 2.24) is 15.0 Å². The summed E-state index contributed by atoms with van der Waals surface area (Å²) in [5.74, 6) is -0.122. The molecule has 0 aliphatic rings. The second kappa shape index (κ2) is 8.53. The van der Waals surface area contributed by atoms with Crippen molar-refractivity contribution in [3.63, 3.8) is 0 Å². The normalized spacial score (nSPS) is 11.5. The summed E-state index contributed by atoms with van der Waals surface area (Å²) in [6, 6.07) is 9.82. The average Bonchev–Trinajstić information content (AvgIpc) is 2.53. The average molecular weight is 377 g/mol. The third-order valence-corrected chi connectivity index (χ3v) is 4.19. The van der Waals surface area contributed by atoms with Crippen molar-refractivity contribution in [3.05, 3.63) is 47.0 Å². The highest BCUT2D eigenvalue weighted by molar-refractivity contribution is 7.98. The smallest absolute Gasteiger partial charge is 0.331 e. The van der Waals surface area contributed by atoms with Crippen LogP contribution in [0.3, 0.4) is 0 Å². The Kier molecular flexibility index (Phi) is 6.68. The van der Waals surface area contributed by atoms with Gasteiger partial charge >= 0.3 is 6.18 Å². The Morgan fingerprint density at radius 3 is 2.46 bits per heavy atom. The zero-order valence-corrected chi connectivity index (χ0v) is 14.5. The van der Waals surface area contributed by atoms with Crippen molar-refractivity contribution >= 4 is 29.3 Å². The van der Waals surface area contributed by atoms with Gasteiger partial charge < -0.3 is 4.90 Å². The second-order valence-corrected chi connectivity index (χ2v) is 6.25. The first-order valence-electron chi connectivity index (χ1n) is 7.25. The van der Waals surface area contributed by atoms with E-state index in [1.807, 2.05) is 37.3 Å². The number of nitrogens with zero attached hydrogens (tertiary/aromatic N) is 4. The molecule has 1 aromatic heterocycles. The SMILES string of the molecule is CCCN(CSCc1ccccc1)c1nc(Cl)nc(C(F)(F)F)n1. The third-order valence-electron chi connectivity index (χ3n) is 2.98. The molecule has 1 heterocycles. The van der Waals surface area contributed by atoms with Crippen LogP contribution >= 0.6 is 23.4 Å². The Morgan fingerprint density at radius 1 is 1.12 bits per heavy atom. The van der Waals surface area contributed by atoms with Crippen LogP contribution in [0.25, 0.3) is 0 Å². The van der Waals surface area contributed by atoms with Crippen LogP contribution in [0.1, 0.15) is 24.7 Å². The van der Waals surface area contributed by atoms with Gasteiger partial charge in [-0.25, -0.2) is 0 Å². The summed E-state index contributed by atoms with van der Waals surface area (Å²) in [5, 5.41) is -0.457. The fraction of sp³-hybridized carbons (Fsp3) is 0.400. The van der Waals surface area contributed by atoms with Crippen molar-refractivity contribution in [2.75, 3.05) is 17.3 Å². The molecule has 0 fully saturated rings. The monoisotopic (exact) mass is 376 g/mol. The Bertz CT molecular complexity index is 655. The van der Waals surface area contributed by atoms with Crippen molar-refractivity contribution in [2.24, 2.45) is 0 Å². The predicted molar refractivity (Wildman–Crippen MR) is 90.1 cm³/mol. The van der Waals surface area contributed by atoms with E-state index in [0.717, 1.165) is 17.7 Å². The summed E-state index contributed by atoms with van der Waals surface area (Å²) in [5.41, 5.74) is 1.14. The van der Waals surface area contributed by atoms with Crippen LogP contribution in [0, 0.1) is 0 Å². The summed E-state index contributed by atoms with van der Waals surface area (Å²) in [6.45, 7) is 2.46. The van der Waals surface area contributed by atoms with Gasteiger partial charge in [-0.2, -0.15) is 28.1 Å². The lowest BCUT2D eigenvalue weighted by Gasteiger charge is -2.22. The first-order valence-corrected chi connectivity index (χ1v) is 8.78. The molecular formula is C15H16ClF3N4S. The topological polar surface area (TPSA) is 41.9 Å². The quantitative estimate of drug-likeness (QED) is 0.658. The molecule has 0 atom stereocenters. The van der Waals surface area contributed by atoms with Gasteiger partial charge in [0, 0.05) is 12.3 Å². The Morgan fingerprint density at radius 2 is 1.83 bits per heavy atom. The highest BCUT2D eigenvalue weighted by atomic mass is 35.5. The molecule has 0 unspecified atom stereocenters. The van der Waals surface area contributed by atoms with Crippen LogP contribution in [-0.4, -0.2) is 27.4 Å². The van der Waals surface area contributed by atoms with Crippen LogP contribution in [-0.2, 0) is 11.9 Å². The van der Waals surface area contributed by atoms with E-state index in [1.54, 1.807) is 16.7 Å². The first kappa shape index (κ1) is 18.8. The summed E-state index contributed by atoms with van der Waals surface area (Å²) in [4.78, 5) is 12.2. The summed E-state index contributed by atoms with van der Waals surface area (Å²) < 4.78 is 38.5. The second-order valence-electron chi connectivity index (χ2n) is 4.95. The highest BCUT2D eigenvalue weighted by Crippen LogP contribution is 2.28. The molecule has 0 saturated heterocycles. The maximum atomic E-state index is 12.8. The van der Waals surface area contributed by atoms with E-state index in [1.165, 1.54) is 0 Å². The van der Waals surface area contributed by atoms with Crippen molar-refractivity contribution in [2.45, 2.75) is 25.3 Å². The number of thioether (sulfide) groups is 1. The molecule has 0 spiro atoms. The lowest BCUT2D eigenvalue weighted by Crippen LogP contribution is -2.27. The number of rotatable bonds is 7. The predicted octanol–water partition coefficient (Wildman–Crippen LogP) is 4.65. The minimum absolute atomic E-state index is 0.0512. The number of hydrogen-bond acceptors (Lipinski definition) is 5. The highest BCUT2D eigenvalue weighted by Gasteiger charge is 2.36. The molecule has 0 saturated carbocycles. The summed E-state index contributed by atoms with van der Waals surface area (Å²) in [7, 11) is 0. The van der Waals surface area contributed by atoms with Crippen LogP contribution in [0.4, 0.5) is 19.1 Å². The molecule has 0 bridgehead atoms. The van der Waals surface area contributed by atoms with Crippen LogP contribution in [0.15, 0.2) is 30.3 Å². The molecule has 0 amide bonds. The molecule has 0 aliphatic heterocycles. The molecule has 0 radical (unpaired) electrons.